The average Bonchev–Trinajstić information content (AvgIpc) is 2.88. The van der Waals surface area contributed by atoms with Gasteiger partial charge < -0.3 is 9.88 Å². The van der Waals surface area contributed by atoms with Crippen molar-refractivity contribution in [1.82, 2.24) is 14.6 Å². The van der Waals surface area contributed by atoms with Crippen LogP contribution in [0.3, 0.4) is 0 Å². The van der Waals surface area contributed by atoms with Crippen molar-refractivity contribution in [1.29, 1.82) is 0 Å². The van der Waals surface area contributed by atoms with Crippen LogP contribution in [0.1, 0.15) is 22.1 Å². The van der Waals surface area contributed by atoms with E-state index in [9.17, 15) is 8.42 Å². The van der Waals surface area contributed by atoms with E-state index in [0.717, 1.165) is 11.9 Å². The van der Waals surface area contributed by atoms with Crippen molar-refractivity contribution in [3.63, 3.8) is 0 Å². The number of aryl methyl sites for hydroxylation is 1. The number of hydrogen-bond donors (Lipinski definition) is 2. The maximum absolute atomic E-state index is 12.1. The molecule has 2 N–H and O–H groups in total. The lowest BCUT2D eigenvalue weighted by atomic mass is 10.1. The smallest absolute Gasteiger partial charge is 0.215 e. The molecule has 1 aromatic carbocycles. The first-order valence-corrected chi connectivity index (χ1v) is 7.28. The molecule has 1 heterocycles. The SMILES string of the molecule is [2H]c1c(CS(=O)(=O)N([2H])C)c([2H])c2c(C([2H])([2H])C([2H])([2H])N(C)C)c([2H])n([2H])c2c1[2H]. The van der Waals surface area contributed by atoms with E-state index in [1.54, 1.807) is 0 Å². The Morgan fingerprint density at radius 3 is 2.95 bits per heavy atom. The third-order valence-electron chi connectivity index (χ3n) is 2.38. The van der Waals surface area contributed by atoms with Crippen LogP contribution in [0.4, 0.5) is 0 Å². The van der Waals surface area contributed by atoms with Crippen LogP contribution in [-0.2, 0) is 22.1 Å². The molecule has 110 valence electrons. The van der Waals surface area contributed by atoms with Gasteiger partial charge in [-0.15, -0.1) is 0 Å². The molecule has 6 heteroatoms. The molecule has 0 radical (unpaired) electrons. The average molecular weight is 305 g/mol. The molecule has 1 aromatic heterocycles. The van der Waals surface area contributed by atoms with Crippen LogP contribution in [0, 0.1) is 0 Å². The maximum Gasteiger partial charge on any atom is 0.215 e. The number of likely N-dealkylation sites (N-methyl/N-ethyl adjacent to an activating group) is 1. The first-order valence-electron chi connectivity index (χ1n) is 10.6. The number of sulfonamides is 1. The highest BCUT2D eigenvalue weighted by Gasteiger charge is 2.11. The van der Waals surface area contributed by atoms with Crippen molar-refractivity contribution in [2.24, 2.45) is 0 Å². The van der Waals surface area contributed by atoms with Gasteiger partial charge in [0.1, 0.15) is 1.41 Å². The van der Waals surface area contributed by atoms with Crippen LogP contribution >= 0.6 is 0 Å². The Bertz CT molecular complexity index is 1110. The van der Waals surface area contributed by atoms with Gasteiger partial charge in [0.25, 0.3) is 0 Å². The van der Waals surface area contributed by atoms with E-state index in [2.05, 4.69) is 0 Å². The largest absolute Gasteiger partial charge is 0.361 e. The number of hydrogen-bond acceptors (Lipinski definition) is 3. The molecule has 20 heavy (non-hydrogen) atoms. The molecule has 0 saturated heterocycles. The monoisotopic (exact) mass is 305 g/mol. The van der Waals surface area contributed by atoms with Gasteiger partial charge in [0.15, 0.2) is 1.41 Å². The predicted molar refractivity (Wildman–Crippen MR) is 82.2 cm³/mol. The first kappa shape index (κ1) is 6.60. The molecule has 0 amide bonds. The number of rotatable bonds is 6. The van der Waals surface area contributed by atoms with Crippen LogP contribution in [-0.4, -0.2) is 45.9 Å². The Hall–Kier alpha value is -1.37. The van der Waals surface area contributed by atoms with Gasteiger partial charge in [-0.1, -0.05) is 6.04 Å². The molecule has 5 nitrogen and oxygen atoms in total. The van der Waals surface area contributed by atoms with Crippen molar-refractivity contribution in [2.75, 3.05) is 27.6 Å². The van der Waals surface area contributed by atoms with Gasteiger partial charge in [-0.05, 0) is 50.7 Å². The summed E-state index contributed by atoms with van der Waals surface area (Å²) in [5.41, 5.74) is -1.66. The lowest BCUT2D eigenvalue weighted by Crippen LogP contribution is -2.20. The molecule has 0 atom stereocenters. The fraction of sp³-hybridized carbons (Fsp3) is 0.429. The number of nitrogens with one attached hydrogen (secondary N) is 2. The molecular weight excluding hydrogens is 274 g/mol. The van der Waals surface area contributed by atoms with E-state index < -0.39 is 75.0 Å². The van der Waals surface area contributed by atoms with Crippen LogP contribution < -0.4 is 4.72 Å². The molecule has 2 rings (SSSR count). The minimum Gasteiger partial charge on any atom is -0.361 e. The third-order valence-corrected chi connectivity index (χ3v) is 3.59. The van der Waals surface area contributed by atoms with Crippen LogP contribution in [0.15, 0.2) is 24.3 Å². The van der Waals surface area contributed by atoms with Crippen LogP contribution in [0.5, 0.6) is 0 Å². The zero-order chi connectivity index (χ0) is 23.6. The minimum atomic E-state index is -4.28. The van der Waals surface area contributed by atoms with Crippen molar-refractivity contribution in [2.45, 2.75) is 12.1 Å². The van der Waals surface area contributed by atoms with E-state index in [0.29, 0.717) is 4.98 Å². The minimum absolute atomic E-state index is 0.135. The molecule has 0 aliphatic carbocycles. The normalized spacial score (nSPS) is 21.2. The highest BCUT2D eigenvalue weighted by molar-refractivity contribution is 7.88. The van der Waals surface area contributed by atoms with Gasteiger partial charge in [-0.3, -0.25) is 0 Å². The van der Waals surface area contributed by atoms with Crippen LogP contribution in [0.2, 0.25) is 2.82 Å². The second-order valence-electron chi connectivity index (χ2n) is 4.22. The second-order valence-corrected chi connectivity index (χ2v) is 6.03. The number of benzene rings is 1. The van der Waals surface area contributed by atoms with Gasteiger partial charge in [0.05, 0.1) is 11.2 Å². The quantitative estimate of drug-likeness (QED) is 0.846. The van der Waals surface area contributed by atoms with Crippen molar-refractivity contribution >= 4 is 20.9 Å². The van der Waals surface area contributed by atoms with E-state index in [1.807, 2.05) is 0 Å². The predicted octanol–water partition coefficient (Wildman–Crippen LogP) is 1.32. The molecule has 0 fully saturated rings. The zero-order valence-corrected chi connectivity index (χ0v) is 12.1. The summed E-state index contributed by atoms with van der Waals surface area (Å²) >= 11 is 0. The summed E-state index contributed by atoms with van der Waals surface area (Å²) in [7, 11) is -0.811. The summed E-state index contributed by atoms with van der Waals surface area (Å²) in [5, 5.41) is -0.482. The molecule has 0 bridgehead atoms. The molecule has 0 aliphatic rings. The Labute approximate surface area is 134 Å². The summed E-state index contributed by atoms with van der Waals surface area (Å²) < 4.78 is 106. The summed E-state index contributed by atoms with van der Waals surface area (Å²) in [6, 6.07) is -2.11. The van der Waals surface area contributed by atoms with E-state index in [-0.39, 0.29) is 4.72 Å². The fourth-order valence-electron chi connectivity index (χ4n) is 1.45. The lowest BCUT2D eigenvalue weighted by molar-refractivity contribution is 0.414. The summed E-state index contributed by atoms with van der Waals surface area (Å²) in [6.07, 6.45) is -3.76. The van der Waals surface area contributed by atoms with Gasteiger partial charge in [-0.2, -0.15) is 0 Å². The van der Waals surface area contributed by atoms with Crippen molar-refractivity contribution < 1.29 is 22.2 Å². The number of fused-ring (bicyclic) bond motifs is 1. The molecule has 0 spiro atoms. The second kappa shape index (κ2) is 5.95. The zero-order valence-electron chi connectivity index (χ0n) is 21.3. The fourth-order valence-corrected chi connectivity index (χ4v) is 2.09. The van der Waals surface area contributed by atoms with E-state index in [1.165, 1.54) is 14.1 Å². The number of aromatic nitrogens is 1. The number of aromatic amines is 1. The Morgan fingerprint density at radius 2 is 2.30 bits per heavy atom. The standard InChI is InChI=1S/C14H21N3O2S/c1-15-20(18,19)10-11-4-5-14-13(8-11)12(9-16-14)6-7-17(2)3/h4-5,8-9,15-16H,6-7,10H2,1-3H3/i4D,5D,6D2,7D2,8D,9D/hD2. The number of nitrogens with zero attached hydrogens (tertiary/aromatic N) is 1. The highest BCUT2D eigenvalue weighted by atomic mass is 32.2. The summed E-state index contributed by atoms with van der Waals surface area (Å²) in [5.74, 6) is -0.994. The topological polar surface area (TPSA) is 65.2 Å². The molecule has 0 unspecified atom stereocenters. The lowest BCUT2D eigenvalue weighted by Gasteiger charge is -2.08. The Balaban J connectivity index is 3.03. The molecular formula is C14H21N3O2S. The van der Waals surface area contributed by atoms with Gasteiger partial charge in [0.2, 0.25) is 10.0 Å². The molecule has 0 aliphatic heterocycles. The van der Waals surface area contributed by atoms with E-state index >= 15 is 0 Å². The Morgan fingerprint density at radius 1 is 1.55 bits per heavy atom. The van der Waals surface area contributed by atoms with Gasteiger partial charge >= 0.3 is 0 Å². The highest BCUT2D eigenvalue weighted by Crippen LogP contribution is 2.21. The van der Waals surface area contributed by atoms with Crippen LogP contribution in [0.25, 0.3) is 10.9 Å². The molecule has 2 aromatic rings. The summed E-state index contributed by atoms with van der Waals surface area (Å²) in [6.45, 7) is -2.70. The van der Waals surface area contributed by atoms with Crippen molar-refractivity contribution in [3.8, 4) is 0 Å². The number of H-pyrrole nitrogens is 1. The van der Waals surface area contributed by atoms with E-state index in [4.69, 9.17) is 13.8 Å². The maximum atomic E-state index is 12.1. The third kappa shape index (κ3) is 3.59. The van der Waals surface area contributed by atoms with Gasteiger partial charge in [0, 0.05) is 29.1 Å². The summed E-state index contributed by atoms with van der Waals surface area (Å²) in [4.78, 5) is 1.26. The molecule has 0 saturated carbocycles. The first-order chi connectivity index (χ1) is 13.4. The Kier molecular flexibility index (Phi) is 1.96. The van der Waals surface area contributed by atoms with Gasteiger partial charge in [-0.25, -0.2) is 13.1 Å². The van der Waals surface area contributed by atoms with Crippen molar-refractivity contribution in [3.05, 3.63) is 35.4 Å².